The molecule has 0 saturated heterocycles. The van der Waals surface area contributed by atoms with E-state index < -0.39 is 17.7 Å². The lowest BCUT2D eigenvalue weighted by Gasteiger charge is -2.18. The molecule has 0 fully saturated rings. The molecule has 2 N–H and O–H groups in total. The van der Waals surface area contributed by atoms with Crippen LogP contribution in [0.4, 0.5) is 4.39 Å². The van der Waals surface area contributed by atoms with E-state index in [-0.39, 0.29) is 17.9 Å². The van der Waals surface area contributed by atoms with Gasteiger partial charge < -0.3 is 10.4 Å². The molecule has 128 valence electrons. The summed E-state index contributed by atoms with van der Waals surface area (Å²) in [5, 5.41) is 12.0. The number of aliphatic carboxylic acids is 1. The van der Waals surface area contributed by atoms with Crippen LogP contribution in [-0.2, 0) is 10.2 Å². The molecule has 0 saturated carbocycles. The molecule has 1 atom stereocenters. The lowest BCUT2D eigenvalue weighted by molar-refractivity contribution is -0.138. The Morgan fingerprint density at radius 3 is 2.46 bits per heavy atom. The van der Waals surface area contributed by atoms with Crippen molar-refractivity contribution in [3.8, 4) is 0 Å². The summed E-state index contributed by atoms with van der Waals surface area (Å²) in [6, 6.07) is 5.23. The van der Waals surface area contributed by atoms with Crippen LogP contribution in [0.5, 0.6) is 0 Å². The minimum Gasteiger partial charge on any atom is -0.481 e. The van der Waals surface area contributed by atoms with Gasteiger partial charge in [-0.1, -0.05) is 32.9 Å². The van der Waals surface area contributed by atoms with E-state index in [9.17, 15) is 19.1 Å². The summed E-state index contributed by atoms with van der Waals surface area (Å²) in [7, 11) is 0. The Hall–Kier alpha value is -2.28. The lowest BCUT2D eigenvalue weighted by Crippen LogP contribution is -2.32. The van der Waals surface area contributed by atoms with Gasteiger partial charge in [0.15, 0.2) is 0 Å². The summed E-state index contributed by atoms with van der Waals surface area (Å²) in [4.78, 5) is 28.6. The predicted octanol–water partition coefficient (Wildman–Crippen LogP) is 3.18. The molecule has 0 bridgehead atoms. The third-order valence-corrected chi connectivity index (χ3v) is 4.35. The average molecular weight is 350 g/mol. The van der Waals surface area contributed by atoms with Crippen LogP contribution >= 0.6 is 11.3 Å². The molecule has 1 aromatic carbocycles. The van der Waals surface area contributed by atoms with Crippen LogP contribution in [0.1, 0.15) is 47.6 Å². The second-order valence-corrected chi connectivity index (χ2v) is 7.29. The molecule has 1 heterocycles. The number of carboxylic acids is 1. The van der Waals surface area contributed by atoms with Crippen molar-refractivity contribution in [2.75, 3.05) is 6.54 Å². The Kier molecular flexibility index (Phi) is 5.33. The number of halogens is 1. The zero-order chi connectivity index (χ0) is 17.9. The average Bonchev–Trinajstić information content (AvgIpc) is 2.98. The highest BCUT2D eigenvalue weighted by Gasteiger charge is 2.26. The van der Waals surface area contributed by atoms with E-state index in [1.54, 1.807) is 5.51 Å². The normalized spacial score (nSPS) is 12.7. The Bertz CT molecular complexity index is 735. The molecule has 0 radical (unpaired) electrons. The minimum atomic E-state index is -1.08. The van der Waals surface area contributed by atoms with Crippen molar-refractivity contribution in [1.82, 2.24) is 10.3 Å². The van der Waals surface area contributed by atoms with Crippen LogP contribution in [0.3, 0.4) is 0 Å². The van der Waals surface area contributed by atoms with E-state index in [1.807, 2.05) is 20.8 Å². The Balaban J connectivity index is 2.13. The first kappa shape index (κ1) is 18.1. The van der Waals surface area contributed by atoms with Gasteiger partial charge in [-0.25, -0.2) is 9.37 Å². The molecule has 24 heavy (non-hydrogen) atoms. The highest BCUT2D eigenvalue weighted by molar-refractivity contribution is 7.11. The highest BCUT2D eigenvalue weighted by atomic mass is 32.1. The van der Waals surface area contributed by atoms with Gasteiger partial charge in [0, 0.05) is 12.0 Å². The summed E-state index contributed by atoms with van der Waals surface area (Å²) in [5.74, 6) is -2.81. The molecule has 2 rings (SSSR count). The van der Waals surface area contributed by atoms with Crippen LogP contribution < -0.4 is 5.32 Å². The molecule has 0 aliphatic heterocycles. The Labute approximate surface area is 143 Å². The third-order valence-electron chi connectivity index (χ3n) is 3.52. The maximum Gasteiger partial charge on any atom is 0.312 e. The fraction of sp³-hybridized carbons (Fsp3) is 0.353. The molecule has 0 spiro atoms. The van der Waals surface area contributed by atoms with Crippen molar-refractivity contribution in [3.63, 3.8) is 0 Å². The molecule has 2 aromatic rings. The van der Waals surface area contributed by atoms with Gasteiger partial charge in [0.1, 0.15) is 10.7 Å². The highest BCUT2D eigenvalue weighted by Crippen LogP contribution is 2.27. The lowest BCUT2D eigenvalue weighted by atomic mass is 9.91. The summed E-state index contributed by atoms with van der Waals surface area (Å²) in [6.07, 6.45) is 0. The number of carboxylic acid groups (broad SMARTS) is 1. The van der Waals surface area contributed by atoms with E-state index in [4.69, 9.17) is 0 Å². The Morgan fingerprint density at radius 1 is 1.29 bits per heavy atom. The molecular formula is C17H19FN2O3S. The van der Waals surface area contributed by atoms with E-state index in [2.05, 4.69) is 10.3 Å². The monoisotopic (exact) mass is 350 g/mol. The molecular weight excluding hydrogens is 331 g/mol. The van der Waals surface area contributed by atoms with Crippen molar-refractivity contribution in [2.24, 2.45) is 0 Å². The third kappa shape index (κ3) is 4.17. The van der Waals surface area contributed by atoms with E-state index in [0.29, 0.717) is 16.1 Å². The second kappa shape index (κ2) is 7.09. The fourth-order valence-electron chi connectivity index (χ4n) is 2.26. The molecule has 7 heteroatoms. The van der Waals surface area contributed by atoms with Crippen LogP contribution in [0.25, 0.3) is 0 Å². The van der Waals surface area contributed by atoms with Crippen LogP contribution in [0.15, 0.2) is 29.8 Å². The summed E-state index contributed by atoms with van der Waals surface area (Å²) in [6.45, 7) is 5.79. The summed E-state index contributed by atoms with van der Waals surface area (Å²) in [5.41, 5.74) is 2.43. The number of thiazole rings is 1. The fourth-order valence-corrected chi connectivity index (χ4v) is 3.17. The van der Waals surface area contributed by atoms with Gasteiger partial charge in [-0.05, 0) is 17.7 Å². The number of nitrogens with zero attached hydrogens (tertiary/aromatic N) is 1. The first-order valence-electron chi connectivity index (χ1n) is 7.40. The van der Waals surface area contributed by atoms with Crippen molar-refractivity contribution in [3.05, 3.63) is 51.7 Å². The van der Waals surface area contributed by atoms with Crippen molar-refractivity contribution in [1.29, 1.82) is 0 Å². The van der Waals surface area contributed by atoms with Gasteiger partial charge in [0.05, 0.1) is 17.1 Å². The molecule has 0 aliphatic rings. The van der Waals surface area contributed by atoms with Gasteiger partial charge in [-0.3, -0.25) is 9.59 Å². The molecule has 0 aliphatic carbocycles. The number of hydrogen-bond acceptors (Lipinski definition) is 4. The molecule has 1 aromatic heterocycles. The van der Waals surface area contributed by atoms with Gasteiger partial charge in [-0.2, -0.15) is 0 Å². The first-order chi connectivity index (χ1) is 11.2. The van der Waals surface area contributed by atoms with Crippen molar-refractivity contribution < 1.29 is 19.1 Å². The Morgan fingerprint density at radius 2 is 1.92 bits per heavy atom. The van der Waals surface area contributed by atoms with E-state index in [0.717, 1.165) is 0 Å². The maximum atomic E-state index is 13.0. The smallest absolute Gasteiger partial charge is 0.312 e. The van der Waals surface area contributed by atoms with Crippen molar-refractivity contribution >= 4 is 23.2 Å². The zero-order valence-corrected chi connectivity index (χ0v) is 14.5. The number of rotatable bonds is 5. The predicted molar refractivity (Wildman–Crippen MR) is 89.9 cm³/mol. The standard InChI is InChI=1S/C17H19FN2O3S/c1-17(2,3)14-13(24-9-20-14)15(21)19-8-12(16(22)23)10-4-6-11(18)7-5-10/h4-7,9,12H,8H2,1-3H3,(H,19,21)(H,22,23). The first-order valence-corrected chi connectivity index (χ1v) is 8.28. The van der Waals surface area contributed by atoms with Crippen LogP contribution in [-0.4, -0.2) is 28.5 Å². The molecule has 5 nitrogen and oxygen atoms in total. The van der Waals surface area contributed by atoms with Gasteiger partial charge >= 0.3 is 5.97 Å². The SMILES string of the molecule is CC(C)(C)c1ncsc1C(=O)NCC(C(=O)O)c1ccc(F)cc1. The number of nitrogens with one attached hydrogen (secondary N) is 1. The number of hydrogen-bond donors (Lipinski definition) is 2. The number of carbonyl (C=O) groups excluding carboxylic acids is 1. The summed E-state index contributed by atoms with van der Waals surface area (Å²) < 4.78 is 13.0. The van der Waals surface area contributed by atoms with Gasteiger partial charge in [0.25, 0.3) is 5.91 Å². The quantitative estimate of drug-likeness (QED) is 0.868. The topological polar surface area (TPSA) is 79.3 Å². The summed E-state index contributed by atoms with van der Waals surface area (Å²) >= 11 is 1.22. The molecule has 1 amide bonds. The van der Waals surface area contributed by atoms with E-state index in [1.165, 1.54) is 35.6 Å². The number of benzene rings is 1. The second-order valence-electron chi connectivity index (χ2n) is 6.43. The van der Waals surface area contributed by atoms with Crippen LogP contribution in [0, 0.1) is 5.82 Å². The van der Waals surface area contributed by atoms with Gasteiger partial charge in [0.2, 0.25) is 0 Å². The number of carbonyl (C=O) groups is 2. The zero-order valence-electron chi connectivity index (χ0n) is 13.7. The van der Waals surface area contributed by atoms with Gasteiger partial charge in [-0.15, -0.1) is 11.3 Å². The van der Waals surface area contributed by atoms with E-state index >= 15 is 0 Å². The number of aromatic nitrogens is 1. The van der Waals surface area contributed by atoms with Crippen LogP contribution in [0.2, 0.25) is 0 Å². The number of amides is 1. The maximum absolute atomic E-state index is 13.0. The molecule has 1 unspecified atom stereocenters. The minimum absolute atomic E-state index is 0.0821. The largest absolute Gasteiger partial charge is 0.481 e. The van der Waals surface area contributed by atoms with Crippen molar-refractivity contribution in [2.45, 2.75) is 32.1 Å².